The Morgan fingerprint density at radius 3 is 2.50 bits per heavy atom. The fourth-order valence-corrected chi connectivity index (χ4v) is 3.27. The summed E-state index contributed by atoms with van der Waals surface area (Å²) in [4.78, 5) is 26.4. The minimum Gasteiger partial charge on any atom is -0.445 e. The van der Waals surface area contributed by atoms with Crippen molar-refractivity contribution in [3.05, 3.63) is 66.0 Å². The molecule has 26 heavy (non-hydrogen) atoms. The van der Waals surface area contributed by atoms with Gasteiger partial charge in [0.15, 0.2) is 0 Å². The van der Waals surface area contributed by atoms with Gasteiger partial charge in [0, 0.05) is 18.0 Å². The Morgan fingerprint density at radius 2 is 1.81 bits per heavy atom. The molecule has 5 nitrogen and oxygen atoms in total. The highest BCUT2D eigenvalue weighted by molar-refractivity contribution is 8.00. The average molecular weight is 374 g/mol. The van der Waals surface area contributed by atoms with Crippen LogP contribution in [-0.4, -0.2) is 41.8 Å². The molecule has 136 valence electrons. The topological polar surface area (TPSA) is 58.6 Å². The highest BCUT2D eigenvalue weighted by Crippen LogP contribution is 2.20. The third-order valence-electron chi connectivity index (χ3n) is 3.94. The highest BCUT2D eigenvalue weighted by Gasteiger charge is 2.31. The van der Waals surface area contributed by atoms with Gasteiger partial charge in [-0.3, -0.25) is 4.79 Å². The molecule has 1 fully saturated rings. The van der Waals surface area contributed by atoms with Crippen LogP contribution in [0, 0.1) is 5.82 Å². The van der Waals surface area contributed by atoms with E-state index in [1.807, 2.05) is 30.3 Å². The molecule has 3 rings (SSSR count). The number of carbonyl (C=O) groups excluding carboxylic acids is 2. The first-order chi connectivity index (χ1) is 12.6. The minimum atomic E-state index is -0.480. The molecule has 2 amide bonds. The molecule has 0 atom stereocenters. The van der Waals surface area contributed by atoms with Crippen LogP contribution in [0.25, 0.3) is 0 Å². The third kappa shape index (κ3) is 5.23. The maximum atomic E-state index is 12.8. The maximum Gasteiger partial charge on any atom is 0.407 e. The normalized spacial score (nSPS) is 13.8. The lowest BCUT2D eigenvalue weighted by molar-refractivity contribution is -0.133. The smallest absolute Gasteiger partial charge is 0.407 e. The van der Waals surface area contributed by atoms with E-state index in [9.17, 15) is 14.0 Å². The van der Waals surface area contributed by atoms with Crippen molar-refractivity contribution < 1.29 is 18.7 Å². The Kier molecular flexibility index (Phi) is 6.12. The minimum absolute atomic E-state index is 0.00460. The van der Waals surface area contributed by atoms with Crippen LogP contribution in [0.1, 0.15) is 5.56 Å². The molecule has 1 N–H and O–H groups in total. The number of nitrogens with zero attached hydrogens (tertiary/aromatic N) is 1. The van der Waals surface area contributed by atoms with E-state index in [0.29, 0.717) is 13.1 Å². The number of hydrogen-bond donors (Lipinski definition) is 1. The van der Waals surface area contributed by atoms with Gasteiger partial charge in [0.1, 0.15) is 12.4 Å². The Morgan fingerprint density at radius 1 is 1.12 bits per heavy atom. The van der Waals surface area contributed by atoms with Gasteiger partial charge in [-0.05, 0) is 29.8 Å². The molecule has 0 aromatic heterocycles. The number of carbonyl (C=O) groups is 2. The van der Waals surface area contributed by atoms with E-state index in [4.69, 9.17) is 4.74 Å². The Hall–Kier alpha value is -2.54. The predicted molar refractivity (Wildman–Crippen MR) is 97.3 cm³/mol. The second-order valence-corrected chi connectivity index (χ2v) is 6.99. The van der Waals surface area contributed by atoms with Gasteiger partial charge in [0.25, 0.3) is 0 Å². The molecule has 0 unspecified atom stereocenters. The van der Waals surface area contributed by atoms with Crippen molar-refractivity contribution in [2.24, 2.45) is 0 Å². The van der Waals surface area contributed by atoms with Crippen molar-refractivity contribution in [1.82, 2.24) is 10.2 Å². The molecule has 0 radical (unpaired) electrons. The summed E-state index contributed by atoms with van der Waals surface area (Å²) < 4.78 is 18.0. The summed E-state index contributed by atoms with van der Waals surface area (Å²) in [5.74, 6) is -0.0110. The van der Waals surface area contributed by atoms with Gasteiger partial charge in [0.2, 0.25) is 5.91 Å². The number of nitrogens with one attached hydrogen (secondary N) is 1. The van der Waals surface area contributed by atoms with Gasteiger partial charge in [-0.2, -0.15) is 0 Å². The summed E-state index contributed by atoms with van der Waals surface area (Å²) in [5.41, 5.74) is 0.922. The van der Waals surface area contributed by atoms with Crippen molar-refractivity contribution in [1.29, 1.82) is 0 Å². The van der Waals surface area contributed by atoms with Crippen molar-refractivity contribution in [2.75, 3.05) is 18.8 Å². The summed E-state index contributed by atoms with van der Waals surface area (Å²) in [6, 6.07) is 15.4. The van der Waals surface area contributed by atoms with Gasteiger partial charge >= 0.3 is 6.09 Å². The fraction of sp³-hybridized carbons (Fsp3) is 0.263. The molecule has 2 aromatic carbocycles. The first kappa shape index (κ1) is 18.3. The van der Waals surface area contributed by atoms with Crippen molar-refractivity contribution in [2.45, 2.75) is 17.5 Å². The van der Waals surface area contributed by atoms with Crippen LogP contribution in [0.4, 0.5) is 9.18 Å². The number of halogens is 1. The summed E-state index contributed by atoms with van der Waals surface area (Å²) in [6.07, 6.45) is -0.480. The Bertz CT molecular complexity index is 749. The van der Waals surface area contributed by atoms with Gasteiger partial charge in [-0.15, -0.1) is 11.8 Å². The number of thioether (sulfide) groups is 1. The largest absolute Gasteiger partial charge is 0.445 e. The van der Waals surface area contributed by atoms with Crippen LogP contribution >= 0.6 is 11.8 Å². The summed E-state index contributed by atoms with van der Waals surface area (Å²) in [6.45, 7) is 1.17. The third-order valence-corrected chi connectivity index (χ3v) is 4.94. The lowest BCUT2D eigenvalue weighted by Gasteiger charge is -2.39. The number of alkyl carbamates (subject to hydrolysis) is 1. The molecular weight excluding hydrogens is 355 g/mol. The van der Waals surface area contributed by atoms with Crippen LogP contribution in [-0.2, 0) is 16.1 Å². The lowest BCUT2D eigenvalue weighted by Crippen LogP contribution is -2.61. The Balaban J connectivity index is 1.32. The van der Waals surface area contributed by atoms with Crippen LogP contribution in [0.2, 0.25) is 0 Å². The predicted octanol–water partition coefficient (Wildman–Crippen LogP) is 3.06. The zero-order valence-corrected chi connectivity index (χ0v) is 14.9. The number of ether oxygens (including phenoxy) is 1. The summed E-state index contributed by atoms with van der Waals surface area (Å²) in [5, 5.41) is 2.75. The van der Waals surface area contributed by atoms with Gasteiger partial charge in [-0.1, -0.05) is 30.3 Å². The Labute approximate surface area is 155 Å². The van der Waals surface area contributed by atoms with Crippen LogP contribution in [0.5, 0.6) is 0 Å². The maximum absolute atomic E-state index is 12.8. The molecular formula is C19H19FN2O3S. The molecule has 1 aliphatic heterocycles. The van der Waals surface area contributed by atoms with Crippen LogP contribution < -0.4 is 5.32 Å². The second kappa shape index (κ2) is 8.71. The number of rotatable bonds is 6. The molecule has 1 aliphatic rings. The number of amides is 2. The highest BCUT2D eigenvalue weighted by atomic mass is 32.2. The fourth-order valence-electron chi connectivity index (χ4n) is 2.47. The standard InChI is InChI=1S/C19H19FN2O3S/c20-15-6-8-17(9-7-15)26-13-18(23)22-10-16(11-22)21-19(24)25-12-14-4-2-1-3-5-14/h1-9,16H,10-13H2,(H,21,24). The zero-order chi connectivity index (χ0) is 18.4. The van der Waals surface area contributed by atoms with Gasteiger partial charge in [0.05, 0.1) is 11.8 Å². The van der Waals surface area contributed by atoms with Gasteiger partial charge in [-0.25, -0.2) is 9.18 Å². The molecule has 0 aliphatic carbocycles. The first-order valence-corrected chi connectivity index (χ1v) is 9.22. The summed E-state index contributed by atoms with van der Waals surface area (Å²) in [7, 11) is 0. The van der Waals surface area contributed by atoms with E-state index in [0.717, 1.165) is 10.5 Å². The number of benzene rings is 2. The van der Waals surface area contributed by atoms with E-state index < -0.39 is 6.09 Å². The average Bonchev–Trinajstić information content (AvgIpc) is 2.63. The van der Waals surface area contributed by atoms with Crippen LogP contribution in [0.3, 0.4) is 0 Å². The molecule has 1 heterocycles. The molecule has 0 spiro atoms. The van der Waals surface area contributed by atoms with Crippen molar-refractivity contribution in [3.8, 4) is 0 Å². The van der Waals surface area contributed by atoms with Crippen molar-refractivity contribution >= 4 is 23.8 Å². The quantitative estimate of drug-likeness (QED) is 0.790. The summed E-state index contributed by atoms with van der Waals surface area (Å²) >= 11 is 1.37. The van der Waals surface area contributed by atoms with Crippen molar-refractivity contribution in [3.63, 3.8) is 0 Å². The molecule has 0 saturated carbocycles. The monoisotopic (exact) mass is 374 g/mol. The SMILES string of the molecule is O=C(NC1CN(C(=O)CSc2ccc(F)cc2)C1)OCc1ccccc1. The van der Waals surface area contributed by atoms with E-state index in [-0.39, 0.29) is 30.1 Å². The molecule has 7 heteroatoms. The molecule has 0 bridgehead atoms. The lowest BCUT2D eigenvalue weighted by atomic mass is 10.1. The van der Waals surface area contributed by atoms with Gasteiger partial charge < -0.3 is 15.0 Å². The van der Waals surface area contributed by atoms with Crippen LogP contribution in [0.15, 0.2) is 59.5 Å². The van der Waals surface area contributed by atoms with E-state index in [2.05, 4.69) is 5.32 Å². The number of likely N-dealkylation sites (tertiary alicyclic amines) is 1. The second-order valence-electron chi connectivity index (χ2n) is 5.94. The molecule has 1 saturated heterocycles. The van der Waals surface area contributed by atoms with E-state index in [1.54, 1.807) is 17.0 Å². The molecule has 2 aromatic rings. The van der Waals surface area contributed by atoms with E-state index in [1.165, 1.54) is 23.9 Å². The first-order valence-electron chi connectivity index (χ1n) is 8.23. The zero-order valence-electron chi connectivity index (χ0n) is 14.1. The number of hydrogen-bond acceptors (Lipinski definition) is 4. The van der Waals surface area contributed by atoms with E-state index >= 15 is 0 Å².